The summed E-state index contributed by atoms with van der Waals surface area (Å²) in [6.07, 6.45) is 3.47. The normalized spacial score (nSPS) is 22.2. The Morgan fingerprint density at radius 2 is 2.20 bits per heavy atom. The van der Waals surface area contributed by atoms with Crippen molar-refractivity contribution in [1.82, 2.24) is 5.32 Å². The average molecular weight is 338 g/mol. The number of nitrogens with two attached hydrogens (primary N) is 1. The molecule has 1 aliphatic heterocycles. The lowest BCUT2D eigenvalue weighted by atomic mass is 10.1. The Bertz CT molecular complexity index is 516. The number of rotatable bonds is 5. The molecule has 4 nitrogen and oxygen atoms in total. The van der Waals surface area contributed by atoms with Gasteiger partial charge in [-0.05, 0) is 52.9 Å². The van der Waals surface area contributed by atoms with Crippen molar-refractivity contribution in [3.05, 3.63) is 28.2 Å². The SMILES string of the molecule is NC(=O)C1CCN(c2ccc(CNC3CC3)cc2Br)C1. The fraction of sp³-hybridized carbons (Fsp3) is 0.533. The molecule has 1 saturated carbocycles. The van der Waals surface area contributed by atoms with Crippen molar-refractivity contribution in [1.29, 1.82) is 0 Å². The number of nitrogens with one attached hydrogen (secondary N) is 1. The molecule has 5 heteroatoms. The van der Waals surface area contributed by atoms with Crippen molar-refractivity contribution in [2.24, 2.45) is 11.7 Å². The van der Waals surface area contributed by atoms with E-state index in [0.29, 0.717) is 0 Å². The van der Waals surface area contributed by atoms with Gasteiger partial charge in [-0.3, -0.25) is 4.79 Å². The Hall–Kier alpha value is -1.07. The molecule has 20 heavy (non-hydrogen) atoms. The Balaban J connectivity index is 1.66. The van der Waals surface area contributed by atoms with Crippen molar-refractivity contribution in [2.75, 3.05) is 18.0 Å². The minimum Gasteiger partial charge on any atom is -0.370 e. The number of halogens is 1. The third-order valence-electron chi connectivity index (χ3n) is 4.12. The van der Waals surface area contributed by atoms with E-state index >= 15 is 0 Å². The zero-order valence-electron chi connectivity index (χ0n) is 11.4. The van der Waals surface area contributed by atoms with Crippen LogP contribution in [-0.2, 0) is 11.3 Å². The molecule has 108 valence electrons. The molecule has 1 aliphatic carbocycles. The Morgan fingerprint density at radius 1 is 1.40 bits per heavy atom. The van der Waals surface area contributed by atoms with E-state index in [9.17, 15) is 4.79 Å². The maximum absolute atomic E-state index is 11.2. The minimum atomic E-state index is -0.186. The first-order valence-electron chi connectivity index (χ1n) is 7.19. The smallest absolute Gasteiger partial charge is 0.222 e. The van der Waals surface area contributed by atoms with Gasteiger partial charge in [0.25, 0.3) is 0 Å². The number of hydrogen-bond donors (Lipinski definition) is 2. The van der Waals surface area contributed by atoms with Crippen molar-refractivity contribution in [3.8, 4) is 0 Å². The third-order valence-corrected chi connectivity index (χ3v) is 4.75. The number of hydrogen-bond acceptors (Lipinski definition) is 3. The van der Waals surface area contributed by atoms with Crippen LogP contribution in [0.4, 0.5) is 5.69 Å². The summed E-state index contributed by atoms with van der Waals surface area (Å²) in [6.45, 7) is 2.55. The highest BCUT2D eigenvalue weighted by atomic mass is 79.9. The first-order chi connectivity index (χ1) is 9.63. The molecule has 1 amide bonds. The zero-order valence-corrected chi connectivity index (χ0v) is 13.0. The second-order valence-electron chi connectivity index (χ2n) is 5.77. The van der Waals surface area contributed by atoms with Gasteiger partial charge in [0.05, 0.1) is 11.6 Å². The van der Waals surface area contributed by atoms with Crippen LogP contribution < -0.4 is 16.0 Å². The van der Waals surface area contributed by atoms with Crippen LogP contribution in [0.1, 0.15) is 24.8 Å². The van der Waals surface area contributed by atoms with Crippen LogP contribution >= 0.6 is 15.9 Å². The Morgan fingerprint density at radius 3 is 2.80 bits per heavy atom. The molecule has 1 aromatic carbocycles. The van der Waals surface area contributed by atoms with Crippen molar-refractivity contribution in [2.45, 2.75) is 31.8 Å². The van der Waals surface area contributed by atoms with E-state index in [-0.39, 0.29) is 11.8 Å². The fourth-order valence-corrected chi connectivity index (χ4v) is 3.35. The second-order valence-corrected chi connectivity index (χ2v) is 6.63. The van der Waals surface area contributed by atoms with Gasteiger partial charge < -0.3 is 16.0 Å². The van der Waals surface area contributed by atoms with Crippen LogP contribution in [0.5, 0.6) is 0 Å². The molecule has 3 rings (SSSR count). The number of benzene rings is 1. The fourth-order valence-electron chi connectivity index (χ4n) is 2.68. The molecule has 2 aliphatic rings. The van der Waals surface area contributed by atoms with Gasteiger partial charge in [-0.25, -0.2) is 0 Å². The number of nitrogens with zero attached hydrogens (tertiary/aromatic N) is 1. The molecule has 0 bridgehead atoms. The first kappa shape index (κ1) is 13.9. The second kappa shape index (κ2) is 5.74. The summed E-state index contributed by atoms with van der Waals surface area (Å²) in [5.41, 5.74) is 7.83. The summed E-state index contributed by atoms with van der Waals surface area (Å²) in [5.74, 6) is -0.202. The van der Waals surface area contributed by atoms with E-state index in [4.69, 9.17) is 5.73 Å². The van der Waals surface area contributed by atoms with E-state index in [1.165, 1.54) is 18.4 Å². The van der Waals surface area contributed by atoms with E-state index in [1.807, 2.05) is 0 Å². The average Bonchev–Trinajstić information content (AvgIpc) is 3.11. The Kier molecular flexibility index (Phi) is 3.98. The van der Waals surface area contributed by atoms with Crippen molar-refractivity contribution < 1.29 is 4.79 Å². The van der Waals surface area contributed by atoms with Crippen molar-refractivity contribution >= 4 is 27.5 Å². The molecule has 1 heterocycles. The summed E-state index contributed by atoms with van der Waals surface area (Å²) < 4.78 is 1.10. The maximum atomic E-state index is 11.2. The zero-order chi connectivity index (χ0) is 14.1. The highest BCUT2D eigenvalue weighted by Crippen LogP contribution is 2.31. The lowest BCUT2D eigenvalue weighted by Crippen LogP contribution is -2.27. The number of carbonyl (C=O) groups is 1. The third kappa shape index (κ3) is 3.15. The summed E-state index contributed by atoms with van der Waals surface area (Å²) in [5, 5.41) is 3.52. The van der Waals surface area contributed by atoms with E-state index in [2.05, 4.69) is 44.3 Å². The van der Waals surface area contributed by atoms with Gasteiger partial charge in [-0.15, -0.1) is 0 Å². The summed E-state index contributed by atoms with van der Waals surface area (Å²) in [4.78, 5) is 13.5. The van der Waals surface area contributed by atoms with Gasteiger partial charge >= 0.3 is 0 Å². The first-order valence-corrected chi connectivity index (χ1v) is 7.99. The molecular formula is C15H20BrN3O. The summed E-state index contributed by atoms with van der Waals surface area (Å²) in [6, 6.07) is 7.19. The molecule has 1 atom stereocenters. The summed E-state index contributed by atoms with van der Waals surface area (Å²) in [7, 11) is 0. The van der Waals surface area contributed by atoms with Crippen LogP contribution in [-0.4, -0.2) is 25.0 Å². The standard InChI is InChI=1S/C15H20BrN3O/c16-13-7-10(8-18-12-2-3-12)1-4-14(13)19-6-5-11(9-19)15(17)20/h1,4,7,11-12,18H,2-3,5-6,8-9H2,(H2,17,20). The van der Waals surface area contributed by atoms with Crippen LogP contribution in [0.3, 0.4) is 0 Å². The van der Waals surface area contributed by atoms with Crippen LogP contribution in [0.2, 0.25) is 0 Å². The molecule has 2 fully saturated rings. The topological polar surface area (TPSA) is 58.4 Å². The highest BCUT2D eigenvalue weighted by Gasteiger charge is 2.27. The van der Waals surface area contributed by atoms with E-state index in [0.717, 1.165) is 42.3 Å². The van der Waals surface area contributed by atoms with Crippen LogP contribution in [0, 0.1) is 5.92 Å². The van der Waals surface area contributed by atoms with E-state index in [1.54, 1.807) is 0 Å². The number of amides is 1. The monoisotopic (exact) mass is 337 g/mol. The predicted molar refractivity (Wildman–Crippen MR) is 83.5 cm³/mol. The highest BCUT2D eigenvalue weighted by molar-refractivity contribution is 9.10. The molecule has 0 spiro atoms. The maximum Gasteiger partial charge on any atom is 0.222 e. The summed E-state index contributed by atoms with van der Waals surface area (Å²) >= 11 is 3.65. The molecule has 1 unspecified atom stereocenters. The van der Waals surface area contributed by atoms with Crippen LogP contribution in [0.25, 0.3) is 0 Å². The van der Waals surface area contributed by atoms with Gasteiger partial charge in [0.1, 0.15) is 0 Å². The molecule has 3 N–H and O–H groups in total. The van der Waals surface area contributed by atoms with Gasteiger partial charge in [0.15, 0.2) is 0 Å². The molecule has 1 aromatic rings. The van der Waals surface area contributed by atoms with Gasteiger partial charge in [-0.1, -0.05) is 6.07 Å². The Labute approximate surface area is 127 Å². The molecule has 0 radical (unpaired) electrons. The molecule has 1 saturated heterocycles. The lowest BCUT2D eigenvalue weighted by Gasteiger charge is -2.20. The lowest BCUT2D eigenvalue weighted by molar-refractivity contribution is -0.121. The van der Waals surface area contributed by atoms with E-state index < -0.39 is 0 Å². The van der Waals surface area contributed by atoms with Gasteiger partial charge in [0, 0.05) is 30.1 Å². The number of carbonyl (C=O) groups excluding carboxylic acids is 1. The predicted octanol–water partition coefficient (Wildman–Crippen LogP) is 2.01. The van der Waals surface area contributed by atoms with Gasteiger partial charge in [0.2, 0.25) is 5.91 Å². The largest absolute Gasteiger partial charge is 0.370 e. The van der Waals surface area contributed by atoms with Gasteiger partial charge in [-0.2, -0.15) is 0 Å². The molecule has 0 aromatic heterocycles. The van der Waals surface area contributed by atoms with Crippen molar-refractivity contribution in [3.63, 3.8) is 0 Å². The van der Waals surface area contributed by atoms with Crippen LogP contribution in [0.15, 0.2) is 22.7 Å². The number of anilines is 1. The quantitative estimate of drug-likeness (QED) is 0.864. The molecular weight excluding hydrogens is 318 g/mol. The minimum absolute atomic E-state index is 0.0156. The number of primary amides is 1.